The van der Waals surface area contributed by atoms with E-state index in [9.17, 15) is 9.59 Å². The number of amides is 2. The fourth-order valence-electron chi connectivity index (χ4n) is 3.01. The number of hydrogen-bond acceptors (Lipinski definition) is 3. The number of para-hydroxylation sites is 1. The Kier molecular flexibility index (Phi) is 4.80. The minimum Gasteiger partial charge on any atom is -0.327 e. The third-order valence-electron chi connectivity index (χ3n) is 4.34. The van der Waals surface area contributed by atoms with Crippen LogP contribution in [0.2, 0.25) is 0 Å². The molecular weight excluding hydrogens is 304 g/mol. The number of nitrogens with zero attached hydrogens (tertiary/aromatic N) is 3. The highest BCUT2D eigenvalue weighted by atomic mass is 16.2. The number of piperidine rings is 1. The van der Waals surface area contributed by atoms with Crippen LogP contribution in [0.4, 0.5) is 4.79 Å². The van der Waals surface area contributed by atoms with Gasteiger partial charge >= 0.3 is 6.03 Å². The van der Waals surface area contributed by atoms with Crippen LogP contribution in [0.25, 0.3) is 10.9 Å². The molecule has 2 amide bonds. The highest BCUT2D eigenvalue weighted by molar-refractivity contribution is 5.77. The second-order valence-electron chi connectivity index (χ2n) is 5.78. The number of fused-ring (bicyclic) bond motifs is 1. The van der Waals surface area contributed by atoms with Crippen molar-refractivity contribution in [3.63, 3.8) is 0 Å². The zero-order valence-corrected chi connectivity index (χ0v) is 13.7. The molecular formula is C18H20N4O2. The predicted molar refractivity (Wildman–Crippen MR) is 92.7 cm³/mol. The number of aromatic nitrogens is 2. The normalized spacial score (nSPS) is 15.0. The zero-order valence-electron chi connectivity index (χ0n) is 13.7. The summed E-state index contributed by atoms with van der Waals surface area (Å²) < 4.78 is 1.71. The van der Waals surface area contributed by atoms with Crippen molar-refractivity contribution in [3.8, 4) is 11.8 Å². The van der Waals surface area contributed by atoms with Crippen LogP contribution in [0, 0.1) is 11.8 Å². The summed E-state index contributed by atoms with van der Waals surface area (Å²) in [6.45, 7) is 3.35. The fraction of sp³-hybridized carbons (Fsp3) is 0.389. The monoisotopic (exact) mass is 324 g/mol. The summed E-state index contributed by atoms with van der Waals surface area (Å²) in [7, 11) is 0. The van der Waals surface area contributed by atoms with Gasteiger partial charge in [0.05, 0.1) is 23.8 Å². The van der Waals surface area contributed by atoms with Gasteiger partial charge in [0.1, 0.15) is 0 Å². The summed E-state index contributed by atoms with van der Waals surface area (Å²) in [5, 5.41) is 3.41. The lowest BCUT2D eigenvalue weighted by molar-refractivity contribution is 0.172. The smallest absolute Gasteiger partial charge is 0.318 e. The number of carbonyl (C=O) groups is 1. The van der Waals surface area contributed by atoms with Gasteiger partial charge in [-0.2, -0.15) is 0 Å². The molecule has 1 aromatic carbocycles. The molecule has 0 atom stereocenters. The molecule has 0 aliphatic carbocycles. The molecule has 1 N–H and O–H groups in total. The molecule has 24 heavy (non-hydrogen) atoms. The number of nitrogens with one attached hydrogen (secondary N) is 1. The first-order chi connectivity index (χ1) is 11.7. The van der Waals surface area contributed by atoms with E-state index in [-0.39, 0.29) is 17.6 Å². The molecule has 124 valence electrons. The van der Waals surface area contributed by atoms with Crippen molar-refractivity contribution >= 4 is 16.9 Å². The summed E-state index contributed by atoms with van der Waals surface area (Å²) in [6, 6.07) is 7.35. The van der Waals surface area contributed by atoms with Gasteiger partial charge in [-0.05, 0) is 31.9 Å². The summed E-state index contributed by atoms with van der Waals surface area (Å²) in [4.78, 5) is 30.8. The van der Waals surface area contributed by atoms with Crippen LogP contribution < -0.4 is 10.9 Å². The number of benzene rings is 1. The van der Waals surface area contributed by atoms with Crippen molar-refractivity contribution in [1.82, 2.24) is 19.8 Å². The van der Waals surface area contributed by atoms with Crippen LogP contribution in [0.1, 0.15) is 25.8 Å². The van der Waals surface area contributed by atoms with E-state index in [1.807, 2.05) is 18.2 Å². The lowest BCUT2D eigenvalue weighted by Gasteiger charge is -2.32. The maximum Gasteiger partial charge on any atom is 0.318 e. The van der Waals surface area contributed by atoms with E-state index in [4.69, 9.17) is 0 Å². The van der Waals surface area contributed by atoms with Gasteiger partial charge in [0.2, 0.25) is 0 Å². The number of carbonyl (C=O) groups excluding carboxylic acids is 1. The highest BCUT2D eigenvalue weighted by Gasteiger charge is 2.24. The molecule has 1 aliphatic heterocycles. The van der Waals surface area contributed by atoms with Gasteiger partial charge in [-0.1, -0.05) is 18.1 Å². The van der Waals surface area contributed by atoms with E-state index in [1.54, 1.807) is 28.8 Å². The highest BCUT2D eigenvalue weighted by Crippen LogP contribution is 2.21. The van der Waals surface area contributed by atoms with Crippen molar-refractivity contribution in [2.24, 2.45) is 0 Å². The Hall–Kier alpha value is -2.81. The van der Waals surface area contributed by atoms with Crippen molar-refractivity contribution in [1.29, 1.82) is 0 Å². The lowest BCUT2D eigenvalue weighted by atomic mass is 10.0. The Balaban J connectivity index is 1.68. The van der Waals surface area contributed by atoms with Crippen LogP contribution >= 0.6 is 0 Å². The maximum absolute atomic E-state index is 12.6. The Bertz CT molecular complexity index is 854. The van der Waals surface area contributed by atoms with Crippen LogP contribution in [0.5, 0.6) is 0 Å². The first kappa shape index (κ1) is 16.1. The van der Waals surface area contributed by atoms with Crippen LogP contribution in [0.15, 0.2) is 35.4 Å². The van der Waals surface area contributed by atoms with E-state index < -0.39 is 0 Å². The third kappa shape index (κ3) is 3.25. The van der Waals surface area contributed by atoms with Gasteiger partial charge in [-0.3, -0.25) is 9.36 Å². The second kappa shape index (κ2) is 7.18. The van der Waals surface area contributed by atoms with Gasteiger partial charge in [-0.15, -0.1) is 5.92 Å². The summed E-state index contributed by atoms with van der Waals surface area (Å²) >= 11 is 0. The van der Waals surface area contributed by atoms with Gasteiger partial charge in [0.25, 0.3) is 5.56 Å². The van der Waals surface area contributed by atoms with E-state index in [1.165, 1.54) is 0 Å². The molecule has 0 unspecified atom stereocenters. The first-order valence-corrected chi connectivity index (χ1v) is 8.09. The molecule has 0 spiro atoms. The second-order valence-corrected chi connectivity index (χ2v) is 5.78. The SMILES string of the molecule is CC#CCNC(=O)N1CCC(n2cnc3ccccc3c2=O)CC1. The predicted octanol–water partition coefficient (Wildman–Crippen LogP) is 1.77. The molecule has 3 rings (SSSR count). The standard InChI is InChI=1S/C18H20N4O2/c1-2-3-10-19-18(24)21-11-8-14(9-12-21)22-13-20-16-7-5-4-6-15(16)17(22)23/h4-7,13-14H,8-12H2,1H3,(H,19,24). The van der Waals surface area contributed by atoms with Gasteiger partial charge in [-0.25, -0.2) is 9.78 Å². The Labute approximate surface area is 140 Å². The van der Waals surface area contributed by atoms with Gasteiger partial charge < -0.3 is 10.2 Å². The molecule has 1 aromatic heterocycles. The average molecular weight is 324 g/mol. The van der Waals surface area contributed by atoms with Crippen molar-refractivity contribution in [3.05, 3.63) is 40.9 Å². The van der Waals surface area contributed by atoms with Crippen LogP contribution in [-0.2, 0) is 0 Å². The minimum absolute atomic E-state index is 0.0123. The molecule has 1 saturated heterocycles. The zero-order chi connectivity index (χ0) is 16.9. The number of urea groups is 1. The Morgan fingerprint density at radius 2 is 2.08 bits per heavy atom. The van der Waals surface area contributed by atoms with E-state index in [0.29, 0.717) is 30.5 Å². The largest absolute Gasteiger partial charge is 0.327 e. The average Bonchev–Trinajstić information content (AvgIpc) is 2.63. The van der Waals surface area contributed by atoms with Crippen molar-refractivity contribution in [2.45, 2.75) is 25.8 Å². The van der Waals surface area contributed by atoms with E-state index in [0.717, 1.165) is 12.8 Å². The van der Waals surface area contributed by atoms with E-state index in [2.05, 4.69) is 22.1 Å². The number of hydrogen-bond donors (Lipinski definition) is 1. The minimum atomic E-state index is -0.0971. The van der Waals surface area contributed by atoms with Crippen LogP contribution in [-0.4, -0.2) is 40.1 Å². The first-order valence-electron chi connectivity index (χ1n) is 8.09. The molecule has 2 aromatic rings. The van der Waals surface area contributed by atoms with Crippen molar-refractivity contribution < 1.29 is 4.79 Å². The van der Waals surface area contributed by atoms with Crippen LogP contribution in [0.3, 0.4) is 0 Å². The van der Waals surface area contributed by atoms with Crippen molar-refractivity contribution in [2.75, 3.05) is 19.6 Å². The summed E-state index contributed by atoms with van der Waals surface area (Å²) in [5.74, 6) is 5.56. The van der Waals surface area contributed by atoms with Gasteiger partial charge in [0.15, 0.2) is 0 Å². The number of likely N-dealkylation sites (tertiary alicyclic amines) is 1. The topological polar surface area (TPSA) is 67.2 Å². The molecule has 2 heterocycles. The number of rotatable bonds is 2. The molecule has 1 fully saturated rings. The quantitative estimate of drug-likeness (QED) is 0.856. The Morgan fingerprint density at radius 1 is 1.33 bits per heavy atom. The maximum atomic E-state index is 12.6. The third-order valence-corrected chi connectivity index (χ3v) is 4.34. The molecule has 1 aliphatic rings. The molecule has 0 saturated carbocycles. The Morgan fingerprint density at radius 3 is 2.83 bits per heavy atom. The van der Waals surface area contributed by atoms with Gasteiger partial charge in [0, 0.05) is 19.1 Å². The molecule has 6 heteroatoms. The fourth-order valence-corrected chi connectivity index (χ4v) is 3.01. The summed E-state index contributed by atoms with van der Waals surface area (Å²) in [6.07, 6.45) is 3.11. The van der Waals surface area contributed by atoms with E-state index >= 15 is 0 Å². The lowest BCUT2D eigenvalue weighted by Crippen LogP contribution is -2.45. The molecule has 0 bridgehead atoms. The summed E-state index contributed by atoms with van der Waals surface area (Å²) in [5.41, 5.74) is 0.703. The molecule has 6 nitrogen and oxygen atoms in total. The molecule has 0 radical (unpaired) electrons.